The van der Waals surface area contributed by atoms with Crippen LogP contribution < -0.4 is 81.4 Å². The van der Waals surface area contributed by atoms with Crippen molar-refractivity contribution in [2.45, 2.75) is 248 Å². The highest BCUT2D eigenvalue weighted by molar-refractivity contribution is 6.03. The molecule has 130 heavy (non-hydrogen) atoms. The Kier molecular flexibility index (Phi) is 38.6. The van der Waals surface area contributed by atoms with Gasteiger partial charge in [-0.3, -0.25) is 86.8 Å². The van der Waals surface area contributed by atoms with Crippen molar-refractivity contribution in [2.24, 2.45) is 34.8 Å². The van der Waals surface area contributed by atoms with Gasteiger partial charge < -0.3 is 121 Å². The van der Waals surface area contributed by atoms with Gasteiger partial charge in [-0.25, -0.2) is 0 Å². The maximum Gasteiger partial charge on any atom is 0.246 e. The molecule has 2 aromatic heterocycles. The van der Waals surface area contributed by atoms with E-state index in [-0.39, 0.29) is 94.9 Å². The number of rotatable bonds is 24. The van der Waals surface area contributed by atoms with Gasteiger partial charge in [-0.15, -0.1) is 0 Å². The van der Waals surface area contributed by atoms with E-state index in [0.29, 0.717) is 64.2 Å². The molecule has 23 N–H and O–H groups in total. The fraction of sp³-hybridized carbons (Fsp3) is 0.562. The van der Waals surface area contributed by atoms with E-state index in [9.17, 15) is 67.7 Å². The number of nitrogens with zero attached hydrogens (tertiary/aromatic N) is 4. The molecule has 0 saturated carbocycles. The zero-order valence-corrected chi connectivity index (χ0v) is 75.4. The molecule has 41 nitrogen and oxygen atoms in total. The number of aliphatic hydroxyl groups is 1. The van der Waals surface area contributed by atoms with Gasteiger partial charge in [-0.05, 0) is 118 Å². The number of hydrogen-bond donors (Lipinski definition) is 19. The molecule has 3 aliphatic heterocycles. The summed E-state index contributed by atoms with van der Waals surface area (Å²) in [7, 11) is 3.97. The first-order valence-electron chi connectivity index (χ1n) is 44.3. The van der Waals surface area contributed by atoms with E-state index >= 15 is 24.0 Å². The molecule has 3 saturated heterocycles. The minimum Gasteiger partial charge on any atom is -0.508 e. The van der Waals surface area contributed by atoms with E-state index in [1.807, 2.05) is 26.0 Å². The van der Waals surface area contributed by atoms with Crippen molar-refractivity contribution < 1.29 is 96.5 Å². The lowest BCUT2D eigenvalue weighted by Crippen LogP contribution is -2.61. The number of aromatic nitrogens is 2. The number of aromatic hydroxyl groups is 1. The van der Waals surface area contributed by atoms with Gasteiger partial charge in [-0.2, -0.15) is 0 Å². The number of nitrogens with two attached hydrogens (primary N) is 4. The molecule has 2 bridgehead atoms. The lowest BCUT2D eigenvalue weighted by molar-refractivity contribution is -0.149. The quantitative estimate of drug-likeness (QED) is 0.0296. The Hall–Kier alpha value is -12.5. The number of carbonyl (C=O) groups is 17. The summed E-state index contributed by atoms with van der Waals surface area (Å²) >= 11 is 0. The second kappa shape index (κ2) is 48.8. The van der Waals surface area contributed by atoms with Crippen LogP contribution in [-0.4, -0.2) is 297 Å². The molecule has 1 unspecified atom stereocenters. The van der Waals surface area contributed by atoms with Crippen molar-refractivity contribution in [3.8, 4) is 5.75 Å². The number of benzene rings is 3. The molecule has 3 fully saturated rings. The minimum atomic E-state index is -1.76. The van der Waals surface area contributed by atoms with Gasteiger partial charge >= 0.3 is 0 Å². The topological polar surface area (TPSA) is 621 Å². The van der Waals surface area contributed by atoms with Crippen molar-refractivity contribution in [3.05, 3.63) is 102 Å². The number of ketones is 1. The molecule has 3 aromatic carbocycles. The highest BCUT2D eigenvalue weighted by atomic mass is 16.5. The molecule has 41 heteroatoms. The summed E-state index contributed by atoms with van der Waals surface area (Å²) in [6.07, 6.45) is 1.51. The molecule has 0 spiro atoms. The molecule has 0 radical (unpaired) electrons. The van der Waals surface area contributed by atoms with Crippen LogP contribution in [0.25, 0.3) is 21.8 Å². The first-order chi connectivity index (χ1) is 61.8. The summed E-state index contributed by atoms with van der Waals surface area (Å²) in [6.45, 7) is 8.64. The van der Waals surface area contributed by atoms with Gasteiger partial charge in [0.05, 0.1) is 43.8 Å². The maximum atomic E-state index is 15.7. The largest absolute Gasteiger partial charge is 0.508 e. The number of ether oxygens (including phenoxy) is 1. The summed E-state index contributed by atoms with van der Waals surface area (Å²) in [5, 5.41) is 52.5. The number of carbonyl (C=O) groups excluding carboxylic acids is 17. The van der Waals surface area contributed by atoms with Gasteiger partial charge in [0.25, 0.3) is 0 Å². The van der Waals surface area contributed by atoms with Crippen LogP contribution >= 0.6 is 0 Å². The van der Waals surface area contributed by atoms with Crippen LogP contribution in [0.3, 0.4) is 0 Å². The van der Waals surface area contributed by atoms with E-state index in [0.717, 1.165) is 9.80 Å². The zero-order valence-electron chi connectivity index (χ0n) is 75.4. The first kappa shape index (κ1) is 103. The molecule has 16 atom stereocenters. The van der Waals surface area contributed by atoms with Crippen LogP contribution in [0.1, 0.15) is 149 Å². The summed E-state index contributed by atoms with van der Waals surface area (Å²) < 4.78 is 5.77. The number of phenols is 1. The molecular weight excluding hydrogens is 1680 g/mol. The van der Waals surface area contributed by atoms with Crippen molar-refractivity contribution in [1.29, 1.82) is 0 Å². The standard InChI is InChI=1S/C89H129N21O20/c1-11-13-24-68-84(124)102-60(35-48(5)6)80(120)106-67(78(118)96-44-73(93)114)45-130-46-74(115)97-63(36-50-27-29-53(111)30-28-50)86(126)107(8)49(7)77(117)103-65(40-72(92)113)88(128)110-33-19-26-69(110)85(125)105-66(41-91)83(123)100-59(34-47(3)4)76(116)75-71(112)39-62(98-75)82(122)101-61(37-51-42-94-56-22-17-15-20-54(51)56)81(121)99-58(31-32-90)79(119)104-64(38-52-43-95-57-23-18-16-21-55(52)57)87(127)109(10)70(25-14-12-2)89(129)108(68)9/h15-18,20-23,27-30,42-43,47-49,58-71,75,94-95,98,111-112H,11-14,19,24-26,31-41,44-46,90-91H2,1-10H3,(H2,92,113)(H2,93,114)(H,96,118)(H,97,115)(H,99,121)(H,100,123)(H,101,122)(H,102,124)(H,103,117)(H,104,119)(H,105,125)(H,106,120)/t49-,58-,59-,60-,61-,62-,63-,64-,65-,66-,67-,68-,69-,70-,71+,75?/m0/s1. The lowest BCUT2D eigenvalue weighted by atomic mass is 9.94. The summed E-state index contributed by atoms with van der Waals surface area (Å²) in [5.74, 6) is -16.4. The van der Waals surface area contributed by atoms with Crippen molar-refractivity contribution in [2.75, 3.05) is 60.5 Å². The van der Waals surface area contributed by atoms with Crippen LogP contribution in [0.15, 0.2) is 85.2 Å². The highest BCUT2D eigenvalue weighted by Gasteiger charge is 2.47. The van der Waals surface area contributed by atoms with Crippen molar-refractivity contribution in [3.63, 3.8) is 0 Å². The number of nitrogens with one attached hydrogen (secondary N) is 13. The van der Waals surface area contributed by atoms with Crippen molar-refractivity contribution in [1.82, 2.24) is 88.1 Å². The molecule has 8 rings (SSSR count). The Morgan fingerprint density at radius 2 is 1.05 bits per heavy atom. The molecule has 5 heterocycles. The van der Waals surface area contributed by atoms with Gasteiger partial charge in [0.1, 0.15) is 84.9 Å². The second-order valence-electron chi connectivity index (χ2n) is 34.5. The highest BCUT2D eigenvalue weighted by Crippen LogP contribution is 2.27. The van der Waals surface area contributed by atoms with E-state index in [4.69, 9.17) is 27.7 Å². The third-order valence-electron chi connectivity index (χ3n) is 23.6. The first-order valence-corrected chi connectivity index (χ1v) is 44.3. The molecule has 3 aliphatic rings. The number of primary amides is 2. The van der Waals surface area contributed by atoms with Crippen molar-refractivity contribution >= 4 is 122 Å². The van der Waals surface area contributed by atoms with Gasteiger partial charge in [0.2, 0.25) is 94.5 Å². The van der Waals surface area contributed by atoms with Crippen LogP contribution in [0, 0.1) is 11.8 Å². The van der Waals surface area contributed by atoms with E-state index in [1.165, 1.54) is 62.1 Å². The number of aromatic amines is 2. The number of likely N-dealkylation sites (N-methyl/N-ethyl adjacent to an activating group) is 3. The predicted octanol–water partition coefficient (Wildman–Crippen LogP) is -2.81. The Morgan fingerprint density at radius 3 is 1.65 bits per heavy atom. The van der Waals surface area contributed by atoms with Gasteiger partial charge in [0.15, 0.2) is 5.78 Å². The maximum absolute atomic E-state index is 15.7. The number of amides is 16. The zero-order chi connectivity index (χ0) is 95.5. The number of unbranched alkanes of at least 4 members (excludes halogenated alkanes) is 2. The summed E-state index contributed by atoms with van der Waals surface area (Å²) in [4.78, 5) is 258. The normalized spacial score (nSPS) is 25.9. The van der Waals surface area contributed by atoms with Crippen LogP contribution in [0.4, 0.5) is 0 Å². The van der Waals surface area contributed by atoms with E-state index in [1.54, 1.807) is 76.5 Å². The van der Waals surface area contributed by atoms with E-state index < -0.39 is 236 Å². The minimum absolute atomic E-state index is 0.00291. The van der Waals surface area contributed by atoms with Gasteiger partial charge in [-0.1, -0.05) is 116 Å². The number of hydrogen-bond acceptors (Lipinski definition) is 23. The van der Waals surface area contributed by atoms with E-state index in [2.05, 4.69) is 68.5 Å². The number of Topliss-reactive ketones (excluding diaryl/α,β-unsaturated/α-hetero) is 1. The second-order valence-corrected chi connectivity index (χ2v) is 34.5. The number of aliphatic hydroxyl groups excluding tert-OH is 1. The fourth-order valence-electron chi connectivity index (χ4n) is 16.3. The number of fused-ring (bicyclic) bond motifs is 5. The Bertz CT molecular complexity index is 4850. The van der Waals surface area contributed by atoms with Gasteiger partial charge in [0, 0.05) is 87.7 Å². The Morgan fingerprint density at radius 1 is 0.538 bits per heavy atom. The third kappa shape index (κ3) is 28.3. The summed E-state index contributed by atoms with van der Waals surface area (Å²) in [6, 6.07) is -2.61. The molecule has 0 aliphatic carbocycles. The van der Waals surface area contributed by atoms with Crippen LogP contribution in [0.5, 0.6) is 5.75 Å². The monoisotopic (exact) mass is 1810 g/mol. The van der Waals surface area contributed by atoms with Crippen LogP contribution in [-0.2, 0) is 106 Å². The Labute approximate surface area is 754 Å². The summed E-state index contributed by atoms with van der Waals surface area (Å²) in [5.41, 5.74) is 26.3. The van der Waals surface area contributed by atoms with Crippen LogP contribution in [0.2, 0.25) is 0 Å². The Balaban J connectivity index is 1.17. The fourth-order valence-corrected chi connectivity index (χ4v) is 16.3. The number of H-pyrrole nitrogens is 2. The molecular formula is C89H129N21O20. The lowest BCUT2D eigenvalue weighted by Gasteiger charge is -2.36. The molecule has 16 amide bonds. The average molecular weight is 1810 g/mol. The number of phenolic OH excluding ortho intramolecular Hbond substituents is 1. The average Bonchev–Trinajstić information content (AvgIpc) is 1.79. The molecule has 5 aromatic rings. The predicted molar refractivity (Wildman–Crippen MR) is 477 cm³/mol. The smallest absolute Gasteiger partial charge is 0.246 e. The third-order valence-corrected chi connectivity index (χ3v) is 23.6. The number of para-hydroxylation sites is 2. The molecule has 710 valence electrons. The SMILES string of the molecule is CCCC[C@H]1C(=O)N(C)[C@@H](CCCC)C(=O)N[C@@H](CC(C)C)C(=O)N[C@H](C(=O)NCC(N)=O)COCC(=O)N[C@@H](Cc2ccc(O)cc2)C(=O)N(C)[C@@H](C)C(=O)N[C@@H](CC(N)=O)C(=O)N2CCC[C@H]2C(=O)N[C@@H](CN)C(=O)N[C@@H](CC(C)C)C(=O)C2N[C@@H](C[C@H]2O)C(=O)N[C@@H](Cc2c[nH]c3ccccc23)C(=O)N[C@@H](CCN)C(=O)N[C@@H](Cc2c[nH]c3ccccc23)C(=O)N1C.